The molecule has 5 nitrogen and oxygen atoms in total. The Bertz CT molecular complexity index is 533. The number of carbonyl (C=O) groups is 1. The maximum absolute atomic E-state index is 11.9. The number of nitriles is 1. The van der Waals surface area contributed by atoms with Gasteiger partial charge in [0.05, 0.1) is 12.3 Å². The molecule has 0 aliphatic heterocycles. The van der Waals surface area contributed by atoms with Gasteiger partial charge in [-0.25, -0.2) is 4.79 Å². The Hall–Kier alpha value is -1.74. The fraction of sp³-hybridized carbons (Fsp3) is 0.538. The first kappa shape index (κ1) is 13.7. The number of esters is 1. The highest BCUT2D eigenvalue weighted by Crippen LogP contribution is 2.42. The van der Waals surface area contributed by atoms with E-state index < -0.39 is 5.97 Å². The van der Waals surface area contributed by atoms with Gasteiger partial charge in [-0.3, -0.25) is 0 Å². The van der Waals surface area contributed by atoms with Crippen LogP contribution in [0.1, 0.15) is 41.9 Å². The highest BCUT2D eigenvalue weighted by atomic mass is 32.1. The maximum Gasteiger partial charge on any atom is 0.343 e. The SMILES string of the molecule is CCOC(=O)c1c(NC2CC2CC)sc(C#N)c1N. The van der Waals surface area contributed by atoms with E-state index in [9.17, 15) is 4.79 Å². The molecular formula is C13H17N3O2S. The molecule has 0 aromatic carbocycles. The second-order valence-electron chi connectivity index (χ2n) is 4.54. The lowest BCUT2D eigenvalue weighted by atomic mass is 10.2. The van der Waals surface area contributed by atoms with Gasteiger partial charge in [-0.05, 0) is 19.3 Å². The van der Waals surface area contributed by atoms with Crippen molar-refractivity contribution in [1.82, 2.24) is 0 Å². The number of hydrogen-bond acceptors (Lipinski definition) is 6. The number of nitrogens with two attached hydrogens (primary N) is 1. The molecule has 0 bridgehead atoms. The highest BCUT2D eigenvalue weighted by Gasteiger charge is 2.37. The molecule has 1 fully saturated rings. The number of rotatable bonds is 5. The van der Waals surface area contributed by atoms with Crippen LogP contribution in [0.25, 0.3) is 0 Å². The summed E-state index contributed by atoms with van der Waals surface area (Å²) in [5, 5.41) is 13.0. The Morgan fingerprint density at radius 1 is 1.63 bits per heavy atom. The smallest absolute Gasteiger partial charge is 0.343 e. The summed E-state index contributed by atoms with van der Waals surface area (Å²) in [6.07, 6.45) is 2.21. The van der Waals surface area contributed by atoms with Crippen LogP contribution in [0.3, 0.4) is 0 Å². The molecule has 2 unspecified atom stereocenters. The number of nitrogens with one attached hydrogen (secondary N) is 1. The molecule has 2 atom stereocenters. The zero-order valence-corrected chi connectivity index (χ0v) is 11.8. The van der Waals surface area contributed by atoms with E-state index in [2.05, 4.69) is 12.2 Å². The second kappa shape index (κ2) is 5.49. The fourth-order valence-corrected chi connectivity index (χ4v) is 3.05. The van der Waals surface area contributed by atoms with E-state index in [-0.39, 0.29) is 12.3 Å². The van der Waals surface area contributed by atoms with Gasteiger partial charge in [0.15, 0.2) is 0 Å². The third-order valence-corrected chi connectivity index (χ3v) is 4.33. The van der Waals surface area contributed by atoms with E-state index in [1.54, 1.807) is 6.92 Å². The molecular weight excluding hydrogens is 262 g/mol. The van der Waals surface area contributed by atoms with Crippen LogP contribution < -0.4 is 11.1 Å². The van der Waals surface area contributed by atoms with Crippen molar-refractivity contribution >= 4 is 28.0 Å². The normalized spacial score (nSPS) is 20.7. The zero-order valence-electron chi connectivity index (χ0n) is 11.0. The van der Waals surface area contributed by atoms with Crippen molar-refractivity contribution in [2.45, 2.75) is 32.7 Å². The molecule has 19 heavy (non-hydrogen) atoms. The minimum Gasteiger partial charge on any atom is -0.462 e. The van der Waals surface area contributed by atoms with Gasteiger partial charge in [0.2, 0.25) is 0 Å². The van der Waals surface area contributed by atoms with Gasteiger partial charge in [-0.1, -0.05) is 13.3 Å². The number of carbonyl (C=O) groups excluding carboxylic acids is 1. The third-order valence-electron chi connectivity index (χ3n) is 3.29. The largest absolute Gasteiger partial charge is 0.462 e. The van der Waals surface area contributed by atoms with Crippen molar-refractivity contribution in [2.24, 2.45) is 5.92 Å². The van der Waals surface area contributed by atoms with Crippen LogP contribution >= 0.6 is 11.3 Å². The Morgan fingerprint density at radius 3 is 2.89 bits per heavy atom. The van der Waals surface area contributed by atoms with Crippen molar-refractivity contribution in [3.63, 3.8) is 0 Å². The number of hydrogen-bond donors (Lipinski definition) is 2. The number of thiophene rings is 1. The van der Waals surface area contributed by atoms with Crippen molar-refractivity contribution in [1.29, 1.82) is 5.26 Å². The van der Waals surface area contributed by atoms with Gasteiger partial charge in [0.1, 0.15) is 21.5 Å². The number of nitrogen functional groups attached to an aromatic ring is 1. The molecule has 0 spiro atoms. The fourth-order valence-electron chi connectivity index (χ4n) is 2.08. The summed E-state index contributed by atoms with van der Waals surface area (Å²) < 4.78 is 5.00. The standard InChI is InChI=1S/C13H17N3O2S/c1-3-7-5-8(7)16-12-10(13(17)18-4-2)11(15)9(6-14)19-12/h7-8,16H,3-5,15H2,1-2H3. The van der Waals surface area contributed by atoms with Crippen LogP contribution in [0.4, 0.5) is 10.7 Å². The summed E-state index contributed by atoms with van der Waals surface area (Å²) in [6, 6.07) is 2.40. The summed E-state index contributed by atoms with van der Waals surface area (Å²) in [5.41, 5.74) is 6.39. The van der Waals surface area contributed by atoms with E-state index in [0.29, 0.717) is 27.4 Å². The van der Waals surface area contributed by atoms with Crippen LogP contribution in [0.2, 0.25) is 0 Å². The lowest BCUT2D eigenvalue weighted by Crippen LogP contribution is -2.11. The van der Waals surface area contributed by atoms with Crippen LogP contribution in [0, 0.1) is 17.2 Å². The van der Waals surface area contributed by atoms with Gasteiger partial charge < -0.3 is 15.8 Å². The third kappa shape index (κ3) is 2.66. The molecule has 1 saturated carbocycles. The molecule has 102 valence electrons. The topological polar surface area (TPSA) is 88.1 Å². The second-order valence-corrected chi connectivity index (χ2v) is 5.56. The van der Waals surface area contributed by atoms with Gasteiger partial charge >= 0.3 is 5.97 Å². The highest BCUT2D eigenvalue weighted by molar-refractivity contribution is 7.17. The molecule has 2 rings (SSSR count). The molecule has 0 radical (unpaired) electrons. The van der Waals surface area contributed by atoms with Crippen LogP contribution in [0.15, 0.2) is 0 Å². The molecule has 3 N–H and O–H groups in total. The molecule has 1 aliphatic carbocycles. The number of nitrogens with zero attached hydrogens (tertiary/aromatic N) is 1. The van der Waals surface area contributed by atoms with Crippen molar-refractivity contribution < 1.29 is 9.53 Å². The first-order valence-electron chi connectivity index (χ1n) is 6.38. The lowest BCUT2D eigenvalue weighted by Gasteiger charge is -2.07. The summed E-state index contributed by atoms with van der Waals surface area (Å²) in [7, 11) is 0. The first-order chi connectivity index (χ1) is 9.12. The average molecular weight is 279 g/mol. The van der Waals surface area contributed by atoms with E-state index in [0.717, 1.165) is 12.8 Å². The minimum atomic E-state index is -0.464. The molecule has 1 aromatic heterocycles. The predicted molar refractivity (Wildman–Crippen MR) is 75.2 cm³/mol. The molecule has 6 heteroatoms. The monoisotopic (exact) mass is 279 g/mol. The Kier molecular flexibility index (Phi) is 3.96. The lowest BCUT2D eigenvalue weighted by molar-refractivity contribution is 0.0529. The van der Waals surface area contributed by atoms with Gasteiger partial charge in [-0.15, -0.1) is 11.3 Å². The zero-order chi connectivity index (χ0) is 14.0. The first-order valence-corrected chi connectivity index (χ1v) is 7.19. The molecule has 1 aliphatic rings. The van der Waals surface area contributed by atoms with E-state index in [1.165, 1.54) is 11.3 Å². The predicted octanol–water partition coefficient (Wildman–Crippen LogP) is 2.59. The van der Waals surface area contributed by atoms with Crippen LogP contribution in [-0.2, 0) is 4.74 Å². The summed E-state index contributed by atoms with van der Waals surface area (Å²) in [4.78, 5) is 12.3. The maximum atomic E-state index is 11.9. The van der Waals surface area contributed by atoms with Crippen LogP contribution in [-0.4, -0.2) is 18.6 Å². The minimum absolute atomic E-state index is 0.224. The van der Waals surface area contributed by atoms with Crippen molar-refractivity contribution in [3.05, 3.63) is 10.4 Å². The molecule has 1 aromatic rings. The average Bonchev–Trinajstić information content (AvgIpc) is 3.06. The molecule has 0 saturated heterocycles. The Balaban J connectivity index is 2.26. The van der Waals surface area contributed by atoms with E-state index in [1.807, 2.05) is 6.07 Å². The number of anilines is 2. The Morgan fingerprint density at radius 2 is 2.37 bits per heavy atom. The van der Waals surface area contributed by atoms with Crippen molar-refractivity contribution in [2.75, 3.05) is 17.7 Å². The Labute approximate surface area is 116 Å². The van der Waals surface area contributed by atoms with E-state index >= 15 is 0 Å². The summed E-state index contributed by atoms with van der Waals surface area (Å²) in [5.74, 6) is 0.179. The molecule has 1 heterocycles. The molecule has 0 amide bonds. The quantitative estimate of drug-likeness (QED) is 0.809. The van der Waals surface area contributed by atoms with Crippen molar-refractivity contribution in [3.8, 4) is 6.07 Å². The van der Waals surface area contributed by atoms with Gasteiger partial charge in [0.25, 0.3) is 0 Å². The van der Waals surface area contributed by atoms with Gasteiger partial charge in [-0.2, -0.15) is 5.26 Å². The summed E-state index contributed by atoms with van der Waals surface area (Å²) in [6.45, 7) is 4.17. The summed E-state index contributed by atoms with van der Waals surface area (Å²) >= 11 is 1.22. The van der Waals surface area contributed by atoms with Crippen LogP contribution in [0.5, 0.6) is 0 Å². The number of ether oxygens (including phenoxy) is 1. The van der Waals surface area contributed by atoms with Gasteiger partial charge in [0, 0.05) is 6.04 Å². The van der Waals surface area contributed by atoms with E-state index in [4.69, 9.17) is 15.7 Å².